The molecular formula is C18H30N2O2. The average molecular weight is 306 g/mol. The molecule has 0 heterocycles. The van der Waals surface area contributed by atoms with E-state index in [1.165, 1.54) is 0 Å². The summed E-state index contributed by atoms with van der Waals surface area (Å²) in [5, 5.41) is 15.2. The van der Waals surface area contributed by atoms with Gasteiger partial charge >= 0.3 is 6.03 Å². The van der Waals surface area contributed by atoms with E-state index in [0.29, 0.717) is 13.0 Å². The molecule has 4 heteroatoms. The Hall–Kier alpha value is -1.55. The topological polar surface area (TPSA) is 61.4 Å². The van der Waals surface area contributed by atoms with E-state index in [-0.39, 0.29) is 18.1 Å². The number of carbonyl (C=O) groups is 1. The second kappa shape index (κ2) is 8.79. The van der Waals surface area contributed by atoms with E-state index in [1.807, 2.05) is 25.1 Å². The normalized spacial score (nSPS) is 11.3. The Bertz CT molecular complexity index is 482. The number of nitrogens with one attached hydrogen (secondary N) is 2. The number of anilines is 1. The molecule has 1 aromatic carbocycles. The number of urea groups is 1. The number of aliphatic hydroxyl groups excluding tert-OH is 1. The Morgan fingerprint density at radius 1 is 1.23 bits per heavy atom. The first-order valence-electron chi connectivity index (χ1n) is 8.26. The Morgan fingerprint density at radius 3 is 2.45 bits per heavy atom. The average Bonchev–Trinajstić information content (AvgIpc) is 2.53. The monoisotopic (exact) mass is 306 g/mol. The largest absolute Gasteiger partial charge is 0.396 e. The quantitative estimate of drug-likeness (QED) is 0.683. The summed E-state index contributed by atoms with van der Waals surface area (Å²) in [5.74, 6) is 0. The molecule has 22 heavy (non-hydrogen) atoms. The fourth-order valence-corrected chi connectivity index (χ4v) is 2.81. The van der Waals surface area contributed by atoms with Crippen LogP contribution in [0.4, 0.5) is 10.5 Å². The van der Waals surface area contributed by atoms with E-state index in [0.717, 1.165) is 36.1 Å². The second-order valence-corrected chi connectivity index (χ2v) is 5.95. The van der Waals surface area contributed by atoms with E-state index in [2.05, 4.69) is 31.4 Å². The summed E-state index contributed by atoms with van der Waals surface area (Å²) < 4.78 is 0. The van der Waals surface area contributed by atoms with Crippen molar-refractivity contribution in [3.05, 3.63) is 29.3 Å². The van der Waals surface area contributed by atoms with Crippen molar-refractivity contribution in [1.29, 1.82) is 0 Å². The molecule has 124 valence electrons. The SMILES string of the molecule is CCc1cccc(C)c1NC(=O)NCC(CC)(CC)CCO. The lowest BCUT2D eigenvalue weighted by Crippen LogP contribution is -2.40. The highest BCUT2D eigenvalue weighted by Crippen LogP contribution is 2.29. The molecule has 0 aliphatic heterocycles. The van der Waals surface area contributed by atoms with Gasteiger partial charge in [-0.3, -0.25) is 0 Å². The number of amides is 2. The summed E-state index contributed by atoms with van der Waals surface area (Å²) in [6, 6.07) is 5.88. The molecule has 0 saturated carbocycles. The van der Waals surface area contributed by atoms with Gasteiger partial charge in [0, 0.05) is 18.8 Å². The number of benzene rings is 1. The van der Waals surface area contributed by atoms with Crippen LogP contribution in [0.25, 0.3) is 0 Å². The molecule has 0 bridgehead atoms. The van der Waals surface area contributed by atoms with Crippen LogP contribution in [0.15, 0.2) is 18.2 Å². The Kier molecular flexibility index (Phi) is 7.39. The van der Waals surface area contributed by atoms with Crippen LogP contribution in [0.1, 0.15) is 51.2 Å². The minimum atomic E-state index is -0.173. The third kappa shape index (κ3) is 4.73. The van der Waals surface area contributed by atoms with Crippen molar-refractivity contribution < 1.29 is 9.90 Å². The van der Waals surface area contributed by atoms with Gasteiger partial charge in [-0.05, 0) is 49.1 Å². The maximum atomic E-state index is 12.2. The minimum absolute atomic E-state index is 0.0224. The zero-order valence-electron chi connectivity index (χ0n) is 14.3. The van der Waals surface area contributed by atoms with Gasteiger partial charge in [-0.25, -0.2) is 4.79 Å². The van der Waals surface area contributed by atoms with Gasteiger partial charge in [0.2, 0.25) is 0 Å². The number of hydrogen-bond acceptors (Lipinski definition) is 2. The molecule has 1 rings (SSSR count). The molecule has 0 fully saturated rings. The third-order valence-electron chi connectivity index (χ3n) is 4.74. The number of para-hydroxylation sites is 1. The number of rotatable bonds is 8. The van der Waals surface area contributed by atoms with Crippen molar-refractivity contribution in [1.82, 2.24) is 5.32 Å². The summed E-state index contributed by atoms with van der Waals surface area (Å²) in [4.78, 5) is 12.2. The molecule has 2 amide bonds. The van der Waals surface area contributed by atoms with Gasteiger partial charge in [0.05, 0.1) is 0 Å². The highest BCUT2D eigenvalue weighted by molar-refractivity contribution is 5.91. The van der Waals surface area contributed by atoms with Crippen LogP contribution in [-0.4, -0.2) is 24.3 Å². The van der Waals surface area contributed by atoms with Crippen molar-refractivity contribution in [3.8, 4) is 0 Å². The van der Waals surface area contributed by atoms with Gasteiger partial charge in [0.15, 0.2) is 0 Å². The van der Waals surface area contributed by atoms with E-state index in [9.17, 15) is 9.90 Å². The highest BCUT2D eigenvalue weighted by atomic mass is 16.3. The van der Waals surface area contributed by atoms with Crippen LogP contribution in [0.3, 0.4) is 0 Å². The first-order chi connectivity index (χ1) is 10.5. The first-order valence-corrected chi connectivity index (χ1v) is 8.26. The molecule has 4 nitrogen and oxygen atoms in total. The zero-order chi connectivity index (χ0) is 16.6. The Labute approximate surface area is 134 Å². The first kappa shape index (κ1) is 18.5. The predicted molar refractivity (Wildman–Crippen MR) is 92.3 cm³/mol. The van der Waals surface area contributed by atoms with E-state index < -0.39 is 0 Å². The molecule has 0 unspecified atom stereocenters. The number of aryl methyl sites for hydroxylation is 2. The van der Waals surface area contributed by atoms with Crippen LogP contribution in [0.5, 0.6) is 0 Å². The molecule has 0 aromatic heterocycles. The maximum Gasteiger partial charge on any atom is 0.319 e. The van der Waals surface area contributed by atoms with Crippen molar-refractivity contribution in [2.75, 3.05) is 18.5 Å². The van der Waals surface area contributed by atoms with Gasteiger partial charge < -0.3 is 15.7 Å². The van der Waals surface area contributed by atoms with Crippen LogP contribution in [0, 0.1) is 12.3 Å². The number of aliphatic hydroxyl groups is 1. The summed E-state index contributed by atoms with van der Waals surface area (Å²) in [5.41, 5.74) is 3.10. The zero-order valence-corrected chi connectivity index (χ0v) is 14.3. The van der Waals surface area contributed by atoms with Crippen LogP contribution in [0.2, 0.25) is 0 Å². The van der Waals surface area contributed by atoms with Gasteiger partial charge in [-0.2, -0.15) is 0 Å². The Morgan fingerprint density at radius 2 is 1.91 bits per heavy atom. The fraction of sp³-hybridized carbons (Fsp3) is 0.611. The number of carbonyl (C=O) groups excluding carboxylic acids is 1. The van der Waals surface area contributed by atoms with E-state index in [4.69, 9.17) is 0 Å². The standard InChI is InChI=1S/C18H30N2O2/c1-5-15-10-8-9-14(4)16(15)20-17(22)19-13-18(6-2,7-3)11-12-21/h8-10,21H,5-7,11-13H2,1-4H3,(H2,19,20,22). The smallest absolute Gasteiger partial charge is 0.319 e. The second-order valence-electron chi connectivity index (χ2n) is 5.95. The van der Waals surface area contributed by atoms with Gasteiger partial charge in [0.25, 0.3) is 0 Å². The van der Waals surface area contributed by atoms with Crippen molar-refractivity contribution in [3.63, 3.8) is 0 Å². The minimum Gasteiger partial charge on any atom is -0.396 e. The molecule has 0 atom stereocenters. The lowest BCUT2D eigenvalue weighted by molar-refractivity contribution is 0.165. The van der Waals surface area contributed by atoms with Crippen molar-refractivity contribution in [2.45, 2.75) is 53.4 Å². The molecular weight excluding hydrogens is 276 g/mol. The number of hydrogen-bond donors (Lipinski definition) is 3. The molecule has 1 aromatic rings. The van der Waals surface area contributed by atoms with Crippen molar-refractivity contribution in [2.24, 2.45) is 5.41 Å². The molecule has 0 spiro atoms. The van der Waals surface area contributed by atoms with Crippen LogP contribution < -0.4 is 10.6 Å². The van der Waals surface area contributed by atoms with E-state index in [1.54, 1.807) is 0 Å². The maximum absolute atomic E-state index is 12.2. The summed E-state index contributed by atoms with van der Waals surface area (Å²) in [7, 11) is 0. The van der Waals surface area contributed by atoms with Crippen LogP contribution >= 0.6 is 0 Å². The van der Waals surface area contributed by atoms with Gasteiger partial charge in [0.1, 0.15) is 0 Å². The lowest BCUT2D eigenvalue weighted by atomic mass is 9.79. The molecule has 0 aliphatic carbocycles. The molecule has 3 N–H and O–H groups in total. The van der Waals surface area contributed by atoms with Gasteiger partial charge in [-0.1, -0.05) is 39.0 Å². The summed E-state index contributed by atoms with van der Waals surface area (Å²) in [6.45, 7) is 9.04. The van der Waals surface area contributed by atoms with E-state index >= 15 is 0 Å². The van der Waals surface area contributed by atoms with Crippen LogP contribution in [-0.2, 0) is 6.42 Å². The summed E-state index contributed by atoms with van der Waals surface area (Å²) in [6.07, 6.45) is 3.48. The predicted octanol–water partition coefficient (Wildman–Crippen LogP) is 3.87. The molecule has 0 aliphatic rings. The fourth-order valence-electron chi connectivity index (χ4n) is 2.81. The van der Waals surface area contributed by atoms with Gasteiger partial charge in [-0.15, -0.1) is 0 Å². The third-order valence-corrected chi connectivity index (χ3v) is 4.74. The summed E-state index contributed by atoms with van der Waals surface area (Å²) >= 11 is 0. The molecule has 0 radical (unpaired) electrons. The Balaban J connectivity index is 2.71. The molecule has 0 saturated heterocycles. The van der Waals surface area contributed by atoms with Crippen molar-refractivity contribution >= 4 is 11.7 Å². The lowest BCUT2D eigenvalue weighted by Gasteiger charge is -2.31. The highest BCUT2D eigenvalue weighted by Gasteiger charge is 2.26.